The van der Waals surface area contributed by atoms with E-state index >= 15 is 0 Å². The molecule has 0 N–H and O–H groups in total. The molecule has 0 radical (unpaired) electrons. The average molecular weight is 222 g/mol. The molecule has 0 bridgehead atoms. The number of aryl methyl sites for hydroxylation is 1. The maximum absolute atomic E-state index is 11.9. The largest absolute Gasteiger partial charge is 0.249 e. The van der Waals surface area contributed by atoms with Gasteiger partial charge in [0, 0.05) is 10.3 Å². The van der Waals surface area contributed by atoms with E-state index in [-0.39, 0.29) is 0 Å². The number of hydrogen-bond donors (Lipinski definition) is 0. The molecular formula is C11H10OS2. The molecule has 1 heterocycles. The van der Waals surface area contributed by atoms with Gasteiger partial charge in [0.2, 0.25) is 0 Å². The molecule has 1 aromatic carbocycles. The summed E-state index contributed by atoms with van der Waals surface area (Å²) in [5, 5.41) is 3.87. The summed E-state index contributed by atoms with van der Waals surface area (Å²) in [6.07, 6.45) is 0. The lowest BCUT2D eigenvalue weighted by molar-refractivity contribution is 0.683. The van der Waals surface area contributed by atoms with Gasteiger partial charge in [-0.3, -0.25) is 0 Å². The minimum atomic E-state index is -1.01. The Morgan fingerprint density at radius 3 is 2.36 bits per heavy atom. The van der Waals surface area contributed by atoms with Crippen molar-refractivity contribution in [2.24, 2.45) is 0 Å². The Morgan fingerprint density at radius 2 is 1.79 bits per heavy atom. The van der Waals surface area contributed by atoms with Crippen molar-refractivity contribution in [1.29, 1.82) is 0 Å². The molecule has 2 rings (SSSR count). The van der Waals surface area contributed by atoms with Crippen molar-refractivity contribution in [3.63, 3.8) is 0 Å². The average Bonchev–Trinajstić information content (AvgIpc) is 2.71. The first-order chi connectivity index (χ1) is 6.77. The van der Waals surface area contributed by atoms with E-state index in [0.717, 1.165) is 9.79 Å². The second-order valence-corrected chi connectivity index (χ2v) is 5.30. The van der Waals surface area contributed by atoms with E-state index < -0.39 is 10.8 Å². The smallest absolute Gasteiger partial charge is 0.0858 e. The minimum Gasteiger partial charge on any atom is -0.249 e. The fourth-order valence-corrected chi connectivity index (χ4v) is 3.12. The molecule has 0 saturated heterocycles. The number of thiophene rings is 1. The minimum absolute atomic E-state index is 0.869. The standard InChI is InChI=1S/C11H10OS2/c1-9-2-4-10(5-3-9)14(12)11-6-7-13-8-11/h2-8H,1H3. The van der Waals surface area contributed by atoms with Gasteiger partial charge in [-0.1, -0.05) is 17.7 Å². The lowest BCUT2D eigenvalue weighted by atomic mass is 10.2. The molecule has 2 aromatic rings. The van der Waals surface area contributed by atoms with Crippen LogP contribution in [0.3, 0.4) is 0 Å². The Kier molecular flexibility index (Phi) is 2.79. The molecule has 1 atom stereocenters. The zero-order valence-electron chi connectivity index (χ0n) is 7.77. The van der Waals surface area contributed by atoms with E-state index in [4.69, 9.17) is 0 Å². The van der Waals surface area contributed by atoms with E-state index in [1.807, 2.05) is 48.0 Å². The highest BCUT2D eigenvalue weighted by molar-refractivity contribution is 7.85. The molecule has 0 saturated carbocycles. The van der Waals surface area contributed by atoms with Gasteiger partial charge in [-0.25, -0.2) is 4.21 Å². The molecule has 0 aliphatic carbocycles. The highest BCUT2D eigenvalue weighted by atomic mass is 32.2. The fourth-order valence-electron chi connectivity index (χ4n) is 1.16. The normalized spacial score (nSPS) is 12.6. The predicted molar refractivity (Wildman–Crippen MR) is 60.2 cm³/mol. The summed E-state index contributed by atoms with van der Waals surface area (Å²) < 4.78 is 11.9. The van der Waals surface area contributed by atoms with E-state index in [2.05, 4.69) is 0 Å². The molecule has 72 valence electrons. The molecule has 1 aromatic heterocycles. The molecular weight excluding hydrogens is 212 g/mol. The summed E-state index contributed by atoms with van der Waals surface area (Å²) in [5.41, 5.74) is 1.19. The molecule has 3 heteroatoms. The Balaban J connectivity index is 2.33. The van der Waals surface area contributed by atoms with Gasteiger partial charge in [-0.2, -0.15) is 11.3 Å². The molecule has 0 amide bonds. The molecule has 1 unspecified atom stereocenters. The van der Waals surface area contributed by atoms with Crippen molar-refractivity contribution in [3.05, 3.63) is 46.7 Å². The zero-order valence-corrected chi connectivity index (χ0v) is 9.40. The zero-order chi connectivity index (χ0) is 9.97. The van der Waals surface area contributed by atoms with Crippen LogP contribution in [0.5, 0.6) is 0 Å². The van der Waals surface area contributed by atoms with E-state index in [0.29, 0.717) is 0 Å². The van der Waals surface area contributed by atoms with Gasteiger partial charge in [0.15, 0.2) is 0 Å². The van der Waals surface area contributed by atoms with E-state index in [1.54, 1.807) is 11.3 Å². The first-order valence-corrected chi connectivity index (χ1v) is 6.37. The summed E-state index contributed by atoms with van der Waals surface area (Å²) in [6, 6.07) is 9.71. The first-order valence-electron chi connectivity index (χ1n) is 4.28. The van der Waals surface area contributed by atoms with Gasteiger partial charge in [-0.15, -0.1) is 0 Å². The second kappa shape index (κ2) is 4.07. The van der Waals surface area contributed by atoms with Gasteiger partial charge < -0.3 is 0 Å². The molecule has 0 aliphatic heterocycles. The van der Waals surface area contributed by atoms with Gasteiger partial charge in [0.05, 0.1) is 15.7 Å². The van der Waals surface area contributed by atoms with E-state index in [1.165, 1.54) is 5.56 Å². The van der Waals surface area contributed by atoms with Gasteiger partial charge in [-0.05, 0) is 30.5 Å². The summed E-state index contributed by atoms with van der Waals surface area (Å²) in [6.45, 7) is 2.03. The fraction of sp³-hybridized carbons (Fsp3) is 0.0909. The Hall–Kier alpha value is -0.930. The summed E-state index contributed by atoms with van der Waals surface area (Å²) in [4.78, 5) is 1.76. The van der Waals surface area contributed by atoms with Crippen molar-refractivity contribution in [2.45, 2.75) is 16.7 Å². The summed E-state index contributed by atoms with van der Waals surface area (Å²) >= 11 is 1.57. The van der Waals surface area contributed by atoms with Crippen molar-refractivity contribution in [1.82, 2.24) is 0 Å². The van der Waals surface area contributed by atoms with Crippen LogP contribution in [-0.4, -0.2) is 4.21 Å². The monoisotopic (exact) mass is 222 g/mol. The van der Waals surface area contributed by atoms with Crippen LogP contribution >= 0.6 is 11.3 Å². The summed E-state index contributed by atoms with van der Waals surface area (Å²) in [7, 11) is -1.01. The molecule has 0 spiro atoms. The Morgan fingerprint density at radius 1 is 1.07 bits per heavy atom. The van der Waals surface area contributed by atoms with Gasteiger partial charge in [0.1, 0.15) is 0 Å². The van der Waals surface area contributed by atoms with Crippen molar-refractivity contribution in [2.75, 3.05) is 0 Å². The van der Waals surface area contributed by atoms with Crippen molar-refractivity contribution < 1.29 is 4.21 Å². The van der Waals surface area contributed by atoms with Crippen LogP contribution in [0.2, 0.25) is 0 Å². The maximum atomic E-state index is 11.9. The quantitative estimate of drug-likeness (QED) is 0.762. The lowest BCUT2D eigenvalue weighted by Gasteiger charge is -1.99. The highest BCUT2D eigenvalue weighted by Crippen LogP contribution is 2.18. The third kappa shape index (κ3) is 1.94. The SMILES string of the molecule is Cc1ccc(S(=O)c2ccsc2)cc1. The lowest BCUT2D eigenvalue weighted by Crippen LogP contribution is -1.90. The molecule has 1 nitrogen and oxygen atoms in total. The van der Waals surface area contributed by atoms with Gasteiger partial charge in [0.25, 0.3) is 0 Å². The Bertz CT molecular complexity index is 429. The van der Waals surface area contributed by atoms with Crippen LogP contribution in [0.25, 0.3) is 0 Å². The molecule has 14 heavy (non-hydrogen) atoms. The number of benzene rings is 1. The van der Waals surface area contributed by atoms with E-state index in [9.17, 15) is 4.21 Å². The van der Waals surface area contributed by atoms with Crippen molar-refractivity contribution in [3.8, 4) is 0 Å². The van der Waals surface area contributed by atoms with Crippen LogP contribution < -0.4 is 0 Å². The van der Waals surface area contributed by atoms with Crippen molar-refractivity contribution >= 4 is 22.1 Å². The topological polar surface area (TPSA) is 17.1 Å². The number of hydrogen-bond acceptors (Lipinski definition) is 2. The Labute approximate surface area is 89.9 Å². The van der Waals surface area contributed by atoms with Crippen LogP contribution in [-0.2, 0) is 10.8 Å². The first kappa shape index (κ1) is 9.62. The highest BCUT2D eigenvalue weighted by Gasteiger charge is 2.06. The predicted octanol–water partition coefficient (Wildman–Crippen LogP) is 3.22. The van der Waals surface area contributed by atoms with Crippen LogP contribution in [0, 0.1) is 6.92 Å². The molecule has 0 aliphatic rings. The van der Waals surface area contributed by atoms with Crippen LogP contribution in [0.4, 0.5) is 0 Å². The third-order valence-corrected chi connectivity index (χ3v) is 4.16. The second-order valence-electron chi connectivity index (χ2n) is 3.04. The number of rotatable bonds is 2. The molecule has 0 fully saturated rings. The maximum Gasteiger partial charge on any atom is 0.0858 e. The van der Waals surface area contributed by atoms with Crippen LogP contribution in [0.1, 0.15) is 5.56 Å². The third-order valence-electron chi connectivity index (χ3n) is 1.94. The summed E-state index contributed by atoms with van der Waals surface area (Å²) in [5.74, 6) is 0. The van der Waals surface area contributed by atoms with Gasteiger partial charge >= 0.3 is 0 Å². The van der Waals surface area contributed by atoms with Crippen LogP contribution in [0.15, 0.2) is 50.9 Å².